The number of hydrogen-bond acceptors (Lipinski definition) is 6. The third-order valence-corrected chi connectivity index (χ3v) is 5.86. The van der Waals surface area contributed by atoms with E-state index >= 15 is 0 Å². The van der Waals surface area contributed by atoms with Gasteiger partial charge in [0.05, 0.1) is 0 Å². The molecule has 0 aromatic heterocycles. The van der Waals surface area contributed by atoms with Crippen molar-refractivity contribution >= 4 is 20.2 Å². The molecule has 0 aliphatic rings. The number of unbranched alkanes of at least 4 members (excludes halogenated alkanes) is 6. The van der Waals surface area contributed by atoms with Gasteiger partial charge in [-0.15, -0.1) is 0 Å². The fraction of sp³-hybridized carbons (Fsp3) is 1.00. The van der Waals surface area contributed by atoms with Crippen molar-refractivity contribution in [1.29, 1.82) is 0 Å². The minimum Gasteiger partial charge on any atom is -0.747 e. The predicted molar refractivity (Wildman–Crippen MR) is 65.8 cm³/mol. The SMILES string of the molecule is CCCCCCCCCC(S(=O)(=O)[O-])S(=O)(=O)[O-]. The third kappa shape index (κ3) is 8.02. The zero-order valence-electron chi connectivity index (χ0n) is 10.5. The number of rotatable bonds is 10. The van der Waals surface area contributed by atoms with Crippen LogP contribution in [0.15, 0.2) is 0 Å². The minimum atomic E-state index is -5.07. The smallest absolute Gasteiger partial charge is 0.139 e. The summed E-state index contributed by atoms with van der Waals surface area (Å²) in [7, 11) is -10.1. The van der Waals surface area contributed by atoms with Gasteiger partial charge in [0.2, 0.25) is 0 Å². The summed E-state index contributed by atoms with van der Waals surface area (Å²) in [6, 6.07) is 0. The van der Waals surface area contributed by atoms with Gasteiger partial charge in [-0.2, -0.15) is 0 Å². The van der Waals surface area contributed by atoms with Crippen LogP contribution in [0.25, 0.3) is 0 Å². The molecule has 0 saturated carbocycles. The first-order valence-corrected chi connectivity index (χ1v) is 9.03. The summed E-state index contributed by atoms with van der Waals surface area (Å²) in [5.41, 5.74) is 0. The molecular formula is C10H20O6S2-2. The van der Waals surface area contributed by atoms with Crippen LogP contribution in [0.5, 0.6) is 0 Å². The Hall–Kier alpha value is -0.180. The van der Waals surface area contributed by atoms with E-state index in [1.165, 1.54) is 0 Å². The Labute approximate surface area is 109 Å². The van der Waals surface area contributed by atoms with Crippen molar-refractivity contribution in [3.8, 4) is 0 Å². The molecular weight excluding hydrogens is 280 g/mol. The summed E-state index contributed by atoms with van der Waals surface area (Å²) in [5, 5.41) is 0. The van der Waals surface area contributed by atoms with E-state index in [0.29, 0.717) is 6.42 Å². The van der Waals surface area contributed by atoms with Gasteiger partial charge in [0, 0.05) is 0 Å². The highest BCUT2D eigenvalue weighted by Gasteiger charge is 2.22. The summed E-state index contributed by atoms with van der Waals surface area (Å²) in [6.45, 7) is 2.09. The van der Waals surface area contributed by atoms with Crippen molar-refractivity contribution in [2.75, 3.05) is 0 Å². The average Bonchev–Trinajstić information content (AvgIpc) is 2.18. The van der Waals surface area contributed by atoms with Crippen molar-refractivity contribution in [2.24, 2.45) is 0 Å². The molecule has 0 amide bonds. The lowest BCUT2D eigenvalue weighted by Crippen LogP contribution is -2.29. The quantitative estimate of drug-likeness (QED) is 0.446. The molecule has 0 saturated heterocycles. The van der Waals surface area contributed by atoms with E-state index in [1.807, 2.05) is 0 Å². The molecule has 0 unspecified atom stereocenters. The summed E-state index contributed by atoms with van der Waals surface area (Å²) in [4.78, 5) is 0. The first-order valence-electron chi connectivity index (χ1n) is 6.09. The highest BCUT2D eigenvalue weighted by atomic mass is 32.3. The second kappa shape index (κ2) is 8.08. The molecule has 0 aromatic carbocycles. The zero-order valence-corrected chi connectivity index (χ0v) is 12.1. The molecule has 110 valence electrons. The van der Waals surface area contributed by atoms with Crippen molar-refractivity contribution in [3.05, 3.63) is 0 Å². The third-order valence-electron chi connectivity index (χ3n) is 2.69. The van der Waals surface area contributed by atoms with Crippen LogP contribution in [-0.4, -0.2) is 30.5 Å². The first-order chi connectivity index (χ1) is 8.19. The average molecular weight is 300 g/mol. The van der Waals surface area contributed by atoms with Crippen molar-refractivity contribution in [2.45, 2.75) is 62.9 Å². The normalized spacial score (nSPS) is 13.1. The van der Waals surface area contributed by atoms with E-state index in [1.54, 1.807) is 0 Å². The molecule has 8 heteroatoms. The van der Waals surface area contributed by atoms with Crippen LogP contribution >= 0.6 is 0 Å². The molecule has 0 aromatic rings. The van der Waals surface area contributed by atoms with Gasteiger partial charge in [-0.25, -0.2) is 16.8 Å². The van der Waals surface area contributed by atoms with Crippen molar-refractivity contribution in [3.63, 3.8) is 0 Å². The number of hydrogen-bond donors (Lipinski definition) is 0. The van der Waals surface area contributed by atoms with E-state index in [4.69, 9.17) is 0 Å². The molecule has 0 bridgehead atoms. The molecule has 6 nitrogen and oxygen atoms in total. The fourth-order valence-electron chi connectivity index (χ4n) is 1.70. The molecule has 0 aliphatic carbocycles. The maximum Gasteiger partial charge on any atom is 0.139 e. The second-order valence-electron chi connectivity index (χ2n) is 4.33. The topological polar surface area (TPSA) is 114 Å². The summed E-state index contributed by atoms with van der Waals surface area (Å²) < 4.78 is 61.6. The van der Waals surface area contributed by atoms with Gasteiger partial charge in [0.25, 0.3) is 0 Å². The monoisotopic (exact) mass is 300 g/mol. The molecule has 0 N–H and O–H groups in total. The predicted octanol–water partition coefficient (Wildman–Crippen LogP) is 1.54. The van der Waals surface area contributed by atoms with Gasteiger partial charge >= 0.3 is 0 Å². The summed E-state index contributed by atoms with van der Waals surface area (Å²) in [6.07, 6.45) is 5.67. The highest BCUT2D eigenvalue weighted by Crippen LogP contribution is 2.16. The van der Waals surface area contributed by atoms with E-state index < -0.39 is 31.2 Å². The lowest BCUT2D eigenvalue weighted by Gasteiger charge is -2.23. The van der Waals surface area contributed by atoms with Gasteiger partial charge in [-0.1, -0.05) is 51.9 Å². The van der Waals surface area contributed by atoms with E-state index in [-0.39, 0.29) is 6.42 Å². The van der Waals surface area contributed by atoms with E-state index in [2.05, 4.69) is 6.92 Å². The van der Waals surface area contributed by atoms with Crippen LogP contribution < -0.4 is 0 Å². The van der Waals surface area contributed by atoms with Gasteiger partial charge < -0.3 is 9.11 Å². The van der Waals surface area contributed by atoms with Crippen LogP contribution in [0, 0.1) is 0 Å². The lowest BCUT2D eigenvalue weighted by molar-refractivity contribution is 0.428. The van der Waals surface area contributed by atoms with Crippen LogP contribution in [0.4, 0.5) is 0 Å². The van der Waals surface area contributed by atoms with Gasteiger partial charge in [-0.3, -0.25) is 0 Å². The first kappa shape index (κ1) is 17.8. The molecule has 0 spiro atoms. The largest absolute Gasteiger partial charge is 0.747 e. The fourth-order valence-corrected chi connectivity index (χ4v) is 3.77. The lowest BCUT2D eigenvalue weighted by atomic mass is 10.1. The Balaban J connectivity index is 4.02. The summed E-state index contributed by atoms with van der Waals surface area (Å²) >= 11 is 0. The van der Waals surface area contributed by atoms with E-state index in [0.717, 1.165) is 32.1 Å². The van der Waals surface area contributed by atoms with Crippen LogP contribution in [0.2, 0.25) is 0 Å². The molecule has 18 heavy (non-hydrogen) atoms. The maximum atomic E-state index is 10.6. The molecule has 0 rings (SSSR count). The molecule has 0 atom stereocenters. The molecule has 0 aliphatic heterocycles. The Bertz CT molecular complexity index is 380. The molecule has 0 fully saturated rings. The van der Waals surface area contributed by atoms with Crippen LogP contribution in [0.1, 0.15) is 58.3 Å². The van der Waals surface area contributed by atoms with Crippen molar-refractivity contribution in [1.82, 2.24) is 0 Å². The van der Waals surface area contributed by atoms with Crippen LogP contribution in [-0.2, 0) is 20.2 Å². The van der Waals surface area contributed by atoms with Gasteiger partial charge in [0.15, 0.2) is 0 Å². The molecule has 0 heterocycles. The van der Waals surface area contributed by atoms with Crippen LogP contribution in [0.3, 0.4) is 0 Å². The van der Waals surface area contributed by atoms with Gasteiger partial charge in [-0.05, 0) is 6.42 Å². The standard InChI is InChI=1S/C10H22O6S2/c1-2-3-4-5-6-7-8-9-10(17(11,12)13)18(14,15)16/h10H,2-9H2,1H3,(H,11,12,13)(H,14,15,16)/p-2. The Kier molecular flexibility index (Phi) is 8.00. The maximum absolute atomic E-state index is 10.6. The zero-order chi connectivity index (χ0) is 14.2. The van der Waals surface area contributed by atoms with E-state index in [9.17, 15) is 25.9 Å². The van der Waals surface area contributed by atoms with Crippen molar-refractivity contribution < 1.29 is 25.9 Å². The minimum absolute atomic E-state index is 0.264. The highest BCUT2D eigenvalue weighted by molar-refractivity contribution is 8.03. The van der Waals surface area contributed by atoms with Gasteiger partial charge in [0.1, 0.15) is 24.8 Å². The Morgan fingerprint density at radius 3 is 1.56 bits per heavy atom. The summed E-state index contributed by atoms with van der Waals surface area (Å²) in [5.74, 6) is 0. The Morgan fingerprint density at radius 2 is 1.17 bits per heavy atom. The Morgan fingerprint density at radius 1 is 0.778 bits per heavy atom. The second-order valence-corrected chi connectivity index (χ2v) is 7.73. The molecule has 0 radical (unpaired) electrons.